The third kappa shape index (κ3) is 4.83. The third-order valence-corrected chi connectivity index (χ3v) is 4.24. The molecule has 1 saturated heterocycles. The fourth-order valence-electron chi connectivity index (χ4n) is 2.53. The summed E-state index contributed by atoms with van der Waals surface area (Å²) < 4.78 is 0. The van der Waals surface area contributed by atoms with E-state index < -0.39 is 18.0 Å². The number of rotatable bonds is 4. The first-order valence-electron chi connectivity index (χ1n) is 7.42. The van der Waals surface area contributed by atoms with Gasteiger partial charge in [0.25, 0.3) is 0 Å². The summed E-state index contributed by atoms with van der Waals surface area (Å²) in [6.07, 6.45) is 1.41. The minimum absolute atomic E-state index is 0.0330. The lowest BCUT2D eigenvalue weighted by molar-refractivity contribution is -0.124. The van der Waals surface area contributed by atoms with Crippen LogP contribution < -0.4 is 16.0 Å². The van der Waals surface area contributed by atoms with Crippen molar-refractivity contribution < 1.29 is 14.4 Å². The van der Waals surface area contributed by atoms with Crippen molar-refractivity contribution in [1.29, 1.82) is 0 Å². The van der Waals surface area contributed by atoms with Crippen molar-refractivity contribution in [3.8, 4) is 0 Å². The quantitative estimate of drug-likeness (QED) is 0.752. The molecule has 1 atom stereocenters. The van der Waals surface area contributed by atoms with Gasteiger partial charge < -0.3 is 10.6 Å². The van der Waals surface area contributed by atoms with Gasteiger partial charge in [-0.2, -0.15) is 0 Å². The van der Waals surface area contributed by atoms with E-state index in [0.29, 0.717) is 28.7 Å². The van der Waals surface area contributed by atoms with Crippen molar-refractivity contribution in [2.45, 2.75) is 18.9 Å². The number of nitrogens with one attached hydrogen (secondary N) is 3. The standard InChI is InChI=1S/C15H18Cl2N4O3/c1-18-15(24)20-13(22)8-21-6-2-3-12(21)14(23)19-11-7-9(16)4-5-10(11)17/h4-5,7,12H,2-3,6,8H2,1H3,(H,19,23)(H2,18,20,22,24)/t12-/m0/s1. The van der Waals surface area contributed by atoms with Crippen LogP contribution in [0.1, 0.15) is 12.8 Å². The smallest absolute Gasteiger partial charge is 0.321 e. The summed E-state index contributed by atoms with van der Waals surface area (Å²) in [6, 6.07) is 3.76. The number of likely N-dealkylation sites (tertiary alicyclic amines) is 1. The first kappa shape index (κ1) is 18.5. The van der Waals surface area contributed by atoms with E-state index in [9.17, 15) is 14.4 Å². The molecule has 0 aliphatic carbocycles. The van der Waals surface area contributed by atoms with Gasteiger partial charge in [0.05, 0.1) is 23.3 Å². The van der Waals surface area contributed by atoms with Gasteiger partial charge in [-0.3, -0.25) is 19.8 Å². The third-order valence-electron chi connectivity index (χ3n) is 3.68. The molecule has 1 aromatic rings. The van der Waals surface area contributed by atoms with Crippen LogP contribution in [0.5, 0.6) is 0 Å². The Kier molecular flexibility index (Phi) is 6.42. The molecule has 1 heterocycles. The monoisotopic (exact) mass is 372 g/mol. The first-order chi connectivity index (χ1) is 11.4. The molecule has 24 heavy (non-hydrogen) atoms. The van der Waals surface area contributed by atoms with Crippen LogP contribution in [0.2, 0.25) is 10.0 Å². The van der Waals surface area contributed by atoms with Crippen molar-refractivity contribution in [2.75, 3.05) is 25.5 Å². The lowest BCUT2D eigenvalue weighted by Crippen LogP contribution is -2.47. The Morgan fingerprint density at radius 3 is 2.75 bits per heavy atom. The summed E-state index contributed by atoms with van der Waals surface area (Å²) in [4.78, 5) is 37.2. The summed E-state index contributed by atoms with van der Waals surface area (Å²) in [6.45, 7) is 0.567. The maximum absolute atomic E-state index is 12.5. The molecule has 1 aliphatic rings. The van der Waals surface area contributed by atoms with Gasteiger partial charge in [0, 0.05) is 12.1 Å². The lowest BCUT2D eigenvalue weighted by atomic mass is 10.2. The molecule has 3 N–H and O–H groups in total. The zero-order valence-corrected chi connectivity index (χ0v) is 14.6. The van der Waals surface area contributed by atoms with Crippen molar-refractivity contribution >= 4 is 46.7 Å². The number of hydrogen-bond donors (Lipinski definition) is 3. The molecule has 1 aliphatic heterocycles. The minimum Gasteiger partial charge on any atom is -0.341 e. The van der Waals surface area contributed by atoms with E-state index in [1.807, 2.05) is 0 Å². The van der Waals surface area contributed by atoms with Crippen LogP contribution >= 0.6 is 23.2 Å². The molecule has 0 spiro atoms. The highest BCUT2D eigenvalue weighted by atomic mass is 35.5. The molecular formula is C15H18Cl2N4O3. The Morgan fingerprint density at radius 2 is 2.04 bits per heavy atom. The SMILES string of the molecule is CNC(=O)NC(=O)CN1CCC[C@H]1C(=O)Nc1cc(Cl)ccc1Cl. The zero-order valence-electron chi connectivity index (χ0n) is 13.1. The second kappa shape index (κ2) is 8.32. The molecule has 0 saturated carbocycles. The summed E-state index contributed by atoms with van der Waals surface area (Å²) >= 11 is 12.0. The second-order valence-corrected chi connectivity index (χ2v) is 6.21. The largest absolute Gasteiger partial charge is 0.341 e. The summed E-state index contributed by atoms with van der Waals surface area (Å²) in [5.74, 6) is -0.723. The van der Waals surface area contributed by atoms with Gasteiger partial charge in [0.15, 0.2) is 0 Å². The van der Waals surface area contributed by atoms with E-state index in [0.717, 1.165) is 6.42 Å². The van der Waals surface area contributed by atoms with Gasteiger partial charge in [-0.1, -0.05) is 23.2 Å². The predicted octanol–water partition coefficient (Wildman–Crippen LogP) is 1.85. The number of hydrogen-bond acceptors (Lipinski definition) is 4. The maximum Gasteiger partial charge on any atom is 0.321 e. The van der Waals surface area contributed by atoms with Gasteiger partial charge >= 0.3 is 6.03 Å². The van der Waals surface area contributed by atoms with E-state index in [4.69, 9.17) is 23.2 Å². The van der Waals surface area contributed by atoms with E-state index in [2.05, 4.69) is 16.0 Å². The van der Waals surface area contributed by atoms with E-state index in [1.54, 1.807) is 23.1 Å². The number of halogens is 2. The highest BCUT2D eigenvalue weighted by Crippen LogP contribution is 2.27. The maximum atomic E-state index is 12.5. The highest BCUT2D eigenvalue weighted by molar-refractivity contribution is 6.35. The van der Waals surface area contributed by atoms with Gasteiger partial charge in [-0.15, -0.1) is 0 Å². The molecule has 4 amide bonds. The van der Waals surface area contributed by atoms with E-state index >= 15 is 0 Å². The van der Waals surface area contributed by atoms with Crippen LogP contribution in [0.25, 0.3) is 0 Å². The number of imide groups is 1. The van der Waals surface area contributed by atoms with Crippen molar-refractivity contribution in [3.05, 3.63) is 28.2 Å². The summed E-state index contributed by atoms with van der Waals surface area (Å²) in [7, 11) is 1.42. The summed E-state index contributed by atoms with van der Waals surface area (Å²) in [5, 5.41) is 8.07. The Balaban J connectivity index is 1.99. The molecule has 1 fully saturated rings. The lowest BCUT2D eigenvalue weighted by Gasteiger charge is -2.23. The van der Waals surface area contributed by atoms with Crippen LogP contribution in [0.15, 0.2) is 18.2 Å². The predicted molar refractivity (Wildman–Crippen MR) is 92.3 cm³/mol. The Morgan fingerprint density at radius 1 is 1.29 bits per heavy atom. The first-order valence-corrected chi connectivity index (χ1v) is 8.18. The molecule has 1 aromatic carbocycles. The van der Waals surface area contributed by atoms with Crippen LogP contribution in [0, 0.1) is 0 Å². The molecule has 0 aromatic heterocycles. The average molecular weight is 373 g/mol. The molecule has 130 valence electrons. The van der Waals surface area contributed by atoms with Gasteiger partial charge in [0.1, 0.15) is 0 Å². The van der Waals surface area contributed by atoms with Gasteiger partial charge in [-0.05, 0) is 37.6 Å². The number of benzene rings is 1. The molecular weight excluding hydrogens is 355 g/mol. The fourth-order valence-corrected chi connectivity index (χ4v) is 2.87. The van der Waals surface area contributed by atoms with Crippen molar-refractivity contribution in [1.82, 2.24) is 15.5 Å². The number of amides is 4. The second-order valence-electron chi connectivity index (χ2n) is 5.37. The normalized spacial score (nSPS) is 17.4. The van der Waals surface area contributed by atoms with Crippen molar-refractivity contribution in [2.24, 2.45) is 0 Å². The fraction of sp³-hybridized carbons (Fsp3) is 0.400. The number of urea groups is 1. The molecule has 0 radical (unpaired) electrons. The molecule has 0 bridgehead atoms. The van der Waals surface area contributed by atoms with E-state index in [1.165, 1.54) is 7.05 Å². The Labute approximate surface area is 149 Å². The number of anilines is 1. The van der Waals surface area contributed by atoms with Gasteiger partial charge in [0.2, 0.25) is 11.8 Å². The molecule has 9 heteroatoms. The summed E-state index contributed by atoms with van der Waals surface area (Å²) in [5.41, 5.74) is 0.427. The van der Waals surface area contributed by atoms with Crippen LogP contribution in [0.4, 0.5) is 10.5 Å². The number of carbonyl (C=O) groups is 3. The van der Waals surface area contributed by atoms with Gasteiger partial charge in [-0.25, -0.2) is 4.79 Å². The Bertz CT molecular complexity index is 654. The number of carbonyl (C=O) groups excluding carboxylic acids is 3. The topological polar surface area (TPSA) is 90.5 Å². The Hall–Kier alpha value is -1.83. The van der Waals surface area contributed by atoms with Crippen LogP contribution in [-0.4, -0.2) is 48.9 Å². The average Bonchev–Trinajstić information content (AvgIpc) is 2.98. The van der Waals surface area contributed by atoms with E-state index in [-0.39, 0.29) is 12.5 Å². The molecule has 7 nitrogen and oxygen atoms in total. The zero-order chi connectivity index (χ0) is 17.7. The van der Waals surface area contributed by atoms with Crippen molar-refractivity contribution in [3.63, 3.8) is 0 Å². The molecule has 0 unspecified atom stereocenters. The van der Waals surface area contributed by atoms with Crippen LogP contribution in [0.3, 0.4) is 0 Å². The number of nitrogens with zero attached hydrogens (tertiary/aromatic N) is 1. The molecule has 2 rings (SSSR count). The van der Waals surface area contributed by atoms with Crippen LogP contribution in [-0.2, 0) is 9.59 Å². The highest BCUT2D eigenvalue weighted by Gasteiger charge is 2.32. The minimum atomic E-state index is -0.578.